The molecule has 0 aromatic heterocycles. The smallest absolute Gasteiger partial charge is 0.0779 e. The molecule has 0 amide bonds. The lowest BCUT2D eigenvalue weighted by atomic mass is 10.2. The number of aliphatic imine (C=N–C) groups is 1. The standard InChI is InChI=1S/C17H15NS/c1-2-7-14(8-3-1)13-19-17-12-6-10-15-9-4-5-11-16(15)18-17/h1-11H,12-13H2. The lowest BCUT2D eigenvalue weighted by Crippen LogP contribution is -1.90. The molecule has 0 fully saturated rings. The highest BCUT2D eigenvalue weighted by molar-refractivity contribution is 8.13. The zero-order valence-corrected chi connectivity index (χ0v) is 11.4. The Bertz CT molecular complexity index is 614. The third-order valence-corrected chi connectivity index (χ3v) is 4.09. The van der Waals surface area contributed by atoms with Gasteiger partial charge in [0, 0.05) is 12.2 Å². The van der Waals surface area contributed by atoms with Gasteiger partial charge in [0.25, 0.3) is 0 Å². The third-order valence-electron chi connectivity index (χ3n) is 3.02. The number of benzene rings is 2. The van der Waals surface area contributed by atoms with Crippen molar-refractivity contribution < 1.29 is 0 Å². The van der Waals surface area contributed by atoms with Crippen molar-refractivity contribution in [1.29, 1.82) is 0 Å². The molecule has 0 atom stereocenters. The molecule has 0 saturated heterocycles. The molecule has 0 N–H and O–H groups in total. The zero-order chi connectivity index (χ0) is 12.9. The predicted octanol–water partition coefficient (Wildman–Crippen LogP) is 5.07. The van der Waals surface area contributed by atoms with Crippen LogP contribution in [0.4, 0.5) is 5.69 Å². The monoisotopic (exact) mass is 265 g/mol. The molecule has 94 valence electrons. The second-order valence-corrected chi connectivity index (χ2v) is 5.49. The Kier molecular flexibility index (Phi) is 3.80. The first kappa shape index (κ1) is 12.2. The summed E-state index contributed by atoms with van der Waals surface area (Å²) < 4.78 is 0. The van der Waals surface area contributed by atoms with Gasteiger partial charge in [0.2, 0.25) is 0 Å². The molecule has 19 heavy (non-hydrogen) atoms. The summed E-state index contributed by atoms with van der Waals surface area (Å²) in [7, 11) is 0. The van der Waals surface area contributed by atoms with E-state index in [0.29, 0.717) is 0 Å². The zero-order valence-electron chi connectivity index (χ0n) is 10.6. The minimum atomic E-state index is 0.923. The van der Waals surface area contributed by atoms with E-state index in [1.165, 1.54) is 16.2 Å². The Balaban J connectivity index is 1.76. The highest BCUT2D eigenvalue weighted by Crippen LogP contribution is 2.27. The van der Waals surface area contributed by atoms with Gasteiger partial charge in [-0.25, -0.2) is 4.99 Å². The van der Waals surface area contributed by atoms with Crippen LogP contribution in [0.25, 0.3) is 6.08 Å². The summed E-state index contributed by atoms with van der Waals surface area (Å²) in [6.45, 7) is 0. The maximum atomic E-state index is 4.77. The molecule has 2 heteroatoms. The molecule has 1 aliphatic heterocycles. The molecule has 1 heterocycles. The van der Waals surface area contributed by atoms with Gasteiger partial charge >= 0.3 is 0 Å². The molecule has 0 aliphatic carbocycles. The molecule has 1 aliphatic rings. The van der Waals surface area contributed by atoms with E-state index in [4.69, 9.17) is 4.99 Å². The number of allylic oxidation sites excluding steroid dienone is 1. The SMILES string of the molecule is C1=Cc2ccccc2N=C(SCc2ccccc2)C1. The Morgan fingerprint density at radius 1 is 0.947 bits per heavy atom. The van der Waals surface area contributed by atoms with Crippen LogP contribution in [0.15, 0.2) is 65.7 Å². The third kappa shape index (κ3) is 3.15. The van der Waals surface area contributed by atoms with E-state index in [-0.39, 0.29) is 0 Å². The molecule has 0 spiro atoms. The summed E-state index contributed by atoms with van der Waals surface area (Å²) in [5.74, 6) is 0.982. The second kappa shape index (κ2) is 5.89. The van der Waals surface area contributed by atoms with E-state index in [1.807, 2.05) is 17.8 Å². The summed E-state index contributed by atoms with van der Waals surface area (Å²) in [5.41, 5.74) is 3.63. The van der Waals surface area contributed by atoms with Crippen molar-refractivity contribution in [3.05, 3.63) is 71.8 Å². The molecule has 0 saturated carbocycles. The molecule has 0 unspecified atom stereocenters. The van der Waals surface area contributed by atoms with E-state index in [0.717, 1.165) is 17.9 Å². The van der Waals surface area contributed by atoms with Gasteiger partial charge < -0.3 is 0 Å². The first-order valence-electron chi connectivity index (χ1n) is 6.42. The van der Waals surface area contributed by atoms with Crippen molar-refractivity contribution in [1.82, 2.24) is 0 Å². The summed E-state index contributed by atoms with van der Waals surface area (Å²) in [5, 5.41) is 1.19. The number of thioether (sulfide) groups is 1. The fraction of sp³-hybridized carbons (Fsp3) is 0.118. The Morgan fingerprint density at radius 3 is 2.63 bits per heavy atom. The van der Waals surface area contributed by atoms with Gasteiger partial charge in [-0.15, -0.1) is 11.8 Å². The van der Waals surface area contributed by atoms with Crippen LogP contribution in [0.5, 0.6) is 0 Å². The number of para-hydroxylation sites is 1. The molecule has 2 aromatic rings. The van der Waals surface area contributed by atoms with Gasteiger partial charge in [-0.1, -0.05) is 60.7 Å². The number of fused-ring (bicyclic) bond motifs is 1. The number of rotatable bonds is 2. The molecular weight excluding hydrogens is 250 g/mol. The van der Waals surface area contributed by atoms with E-state index in [9.17, 15) is 0 Å². The van der Waals surface area contributed by atoms with Crippen molar-refractivity contribution in [3.8, 4) is 0 Å². The van der Waals surface area contributed by atoms with Crippen LogP contribution >= 0.6 is 11.8 Å². The van der Waals surface area contributed by atoms with Gasteiger partial charge in [-0.3, -0.25) is 0 Å². The van der Waals surface area contributed by atoms with Crippen LogP contribution in [0, 0.1) is 0 Å². The van der Waals surface area contributed by atoms with Crippen LogP contribution < -0.4 is 0 Å². The Labute approximate surface area is 118 Å². The van der Waals surface area contributed by atoms with E-state index in [2.05, 4.69) is 60.7 Å². The van der Waals surface area contributed by atoms with Gasteiger partial charge in [0.15, 0.2) is 0 Å². The minimum Gasteiger partial charge on any atom is -0.246 e. The highest BCUT2D eigenvalue weighted by Gasteiger charge is 2.06. The fourth-order valence-corrected chi connectivity index (χ4v) is 2.93. The average Bonchev–Trinajstić information content (AvgIpc) is 2.68. The number of hydrogen-bond acceptors (Lipinski definition) is 2. The van der Waals surface area contributed by atoms with Gasteiger partial charge in [0.05, 0.1) is 10.7 Å². The lowest BCUT2D eigenvalue weighted by Gasteiger charge is -2.04. The van der Waals surface area contributed by atoms with Crippen LogP contribution in [-0.2, 0) is 5.75 Å². The first-order valence-corrected chi connectivity index (χ1v) is 7.40. The summed E-state index contributed by atoms with van der Waals surface area (Å²) in [4.78, 5) is 4.77. The van der Waals surface area contributed by atoms with Crippen molar-refractivity contribution in [2.24, 2.45) is 4.99 Å². The average molecular weight is 265 g/mol. The largest absolute Gasteiger partial charge is 0.246 e. The van der Waals surface area contributed by atoms with Crippen LogP contribution in [-0.4, -0.2) is 5.04 Å². The van der Waals surface area contributed by atoms with Crippen molar-refractivity contribution >= 4 is 28.6 Å². The molecule has 0 radical (unpaired) electrons. The summed E-state index contributed by atoms with van der Waals surface area (Å²) in [6, 6.07) is 18.8. The summed E-state index contributed by atoms with van der Waals surface area (Å²) in [6.07, 6.45) is 5.28. The van der Waals surface area contributed by atoms with Crippen LogP contribution in [0.3, 0.4) is 0 Å². The van der Waals surface area contributed by atoms with Crippen LogP contribution in [0.1, 0.15) is 17.5 Å². The van der Waals surface area contributed by atoms with Gasteiger partial charge in [0.1, 0.15) is 0 Å². The number of nitrogens with zero attached hydrogens (tertiary/aromatic N) is 1. The highest BCUT2D eigenvalue weighted by atomic mass is 32.2. The molecular formula is C17H15NS. The van der Waals surface area contributed by atoms with Crippen LogP contribution in [0.2, 0.25) is 0 Å². The van der Waals surface area contributed by atoms with Crippen molar-refractivity contribution in [3.63, 3.8) is 0 Å². The maximum Gasteiger partial charge on any atom is 0.0779 e. The van der Waals surface area contributed by atoms with Crippen molar-refractivity contribution in [2.75, 3.05) is 0 Å². The lowest BCUT2D eigenvalue weighted by molar-refractivity contribution is 1.41. The minimum absolute atomic E-state index is 0.923. The normalized spacial score (nSPS) is 13.6. The van der Waals surface area contributed by atoms with E-state index in [1.54, 1.807) is 0 Å². The predicted molar refractivity (Wildman–Crippen MR) is 84.9 cm³/mol. The molecule has 1 nitrogen and oxygen atoms in total. The summed E-state index contributed by atoms with van der Waals surface area (Å²) >= 11 is 1.83. The fourth-order valence-electron chi connectivity index (χ4n) is 2.03. The number of hydrogen-bond donors (Lipinski definition) is 0. The quantitative estimate of drug-likeness (QED) is 0.738. The Hall–Kier alpha value is -1.80. The molecule has 0 bridgehead atoms. The molecule has 2 aromatic carbocycles. The second-order valence-electron chi connectivity index (χ2n) is 4.45. The van der Waals surface area contributed by atoms with Gasteiger partial charge in [-0.2, -0.15) is 0 Å². The van der Waals surface area contributed by atoms with Gasteiger partial charge in [-0.05, 0) is 17.2 Å². The first-order chi connectivity index (χ1) is 9.42. The molecule has 3 rings (SSSR count). The van der Waals surface area contributed by atoms with Crippen molar-refractivity contribution in [2.45, 2.75) is 12.2 Å². The topological polar surface area (TPSA) is 12.4 Å². The maximum absolute atomic E-state index is 4.77. The van der Waals surface area contributed by atoms with E-state index >= 15 is 0 Å². The van der Waals surface area contributed by atoms with E-state index < -0.39 is 0 Å². The Morgan fingerprint density at radius 2 is 1.74 bits per heavy atom.